The van der Waals surface area contributed by atoms with Crippen LogP contribution in [0.15, 0.2) is 41.5 Å². The van der Waals surface area contributed by atoms with E-state index in [0.29, 0.717) is 17.8 Å². The molecule has 2 saturated carbocycles. The lowest BCUT2D eigenvalue weighted by atomic mass is 9.52. The lowest BCUT2D eigenvalue weighted by molar-refractivity contribution is -0.166. The number of fused-ring (bicyclic) bond motifs is 4. The van der Waals surface area contributed by atoms with Crippen LogP contribution in [0, 0.1) is 35.0 Å². The molecular formula is C28H34O3. The molecule has 31 heavy (non-hydrogen) atoms. The molecule has 0 aromatic heterocycles. The number of benzene rings is 1. The molecule has 0 bridgehead atoms. The van der Waals surface area contributed by atoms with E-state index < -0.39 is 5.60 Å². The minimum absolute atomic E-state index is 0.0957. The summed E-state index contributed by atoms with van der Waals surface area (Å²) in [6, 6.07) is 10.1. The van der Waals surface area contributed by atoms with Gasteiger partial charge < -0.3 is 14.6 Å². The topological polar surface area (TPSA) is 38.7 Å². The van der Waals surface area contributed by atoms with Gasteiger partial charge in [-0.05, 0) is 74.8 Å². The van der Waals surface area contributed by atoms with Crippen LogP contribution in [0.1, 0.15) is 70.3 Å². The van der Waals surface area contributed by atoms with E-state index in [0.717, 1.165) is 57.3 Å². The first-order chi connectivity index (χ1) is 15.0. The summed E-state index contributed by atoms with van der Waals surface area (Å²) >= 11 is 0. The summed E-state index contributed by atoms with van der Waals surface area (Å²) in [5.74, 6) is 8.31. The van der Waals surface area contributed by atoms with Gasteiger partial charge in [0.15, 0.2) is 5.79 Å². The SMILES string of the molecule is C[C@]12CCC3C4=C(CC[C@H]3[C@@H]1CC[C@@]2(O)C#Cc1ccccc1)CC1(CC4)OCCO1. The number of aliphatic hydroxyl groups is 1. The molecule has 1 unspecified atom stereocenters. The summed E-state index contributed by atoms with van der Waals surface area (Å²) in [7, 11) is 0. The highest BCUT2D eigenvalue weighted by Crippen LogP contribution is 2.64. The third-order valence-corrected chi connectivity index (χ3v) is 9.53. The maximum Gasteiger partial charge on any atom is 0.172 e. The molecule has 1 saturated heterocycles. The highest BCUT2D eigenvalue weighted by atomic mass is 16.7. The second-order valence-corrected chi connectivity index (χ2v) is 10.8. The van der Waals surface area contributed by atoms with E-state index in [4.69, 9.17) is 9.47 Å². The molecule has 4 aliphatic carbocycles. The summed E-state index contributed by atoms with van der Waals surface area (Å²) in [6.07, 6.45) is 9.77. The van der Waals surface area contributed by atoms with Gasteiger partial charge in [0, 0.05) is 23.8 Å². The lowest BCUT2D eigenvalue weighted by Gasteiger charge is -2.53. The molecule has 3 heteroatoms. The fourth-order valence-electron chi connectivity index (χ4n) is 7.85. The predicted octanol–water partition coefficient (Wildman–Crippen LogP) is 5.23. The number of hydrogen-bond acceptors (Lipinski definition) is 3. The van der Waals surface area contributed by atoms with Crippen molar-refractivity contribution in [1.82, 2.24) is 0 Å². The highest BCUT2D eigenvalue weighted by molar-refractivity contribution is 5.39. The first-order valence-corrected chi connectivity index (χ1v) is 12.3. The Balaban J connectivity index is 1.26. The highest BCUT2D eigenvalue weighted by Gasteiger charge is 2.61. The van der Waals surface area contributed by atoms with Crippen LogP contribution in [0.4, 0.5) is 0 Å². The number of allylic oxidation sites excluding steroid dienone is 1. The van der Waals surface area contributed by atoms with E-state index in [1.807, 2.05) is 30.3 Å². The van der Waals surface area contributed by atoms with Crippen molar-refractivity contribution < 1.29 is 14.6 Å². The van der Waals surface area contributed by atoms with E-state index in [9.17, 15) is 5.11 Å². The summed E-state index contributed by atoms with van der Waals surface area (Å²) in [5, 5.41) is 11.8. The van der Waals surface area contributed by atoms with Crippen molar-refractivity contribution in [3.8, 4) is 11.8 Å². The predicted molar refractivity (Wildman–Crippen MR) is 120 cm³/mol. The van der Waals surface area contributed by atoms with Crippen LogP contribution in [0.25, 0.3) is 0 Å². The second kappa shape index (κ2) is 7.20. The Morgan fingerprint density at radius 3 is 2.58 bits per heavy atom. The molecular weight excluding hydrogens is 384 g/mol. The molecule has 5 aliphatic rings. The van der Waals surface area contributed by atoms with Crippen molar-refractivity contribution in [3.05, 3.63) is 47.0 Å². The third-order valence-electron chi connectivity index (χ3n) is 9.53. The van der Waals surface area contributed by atoms with Gasteiger partial charge in [-0.3, -0.25) is 0 Å². The van der Waals surface area contributed by atoms with Gasteiger partial charge in [0.25, 0.3) is 0 Å². The van der Waals surface area contributed by atoms with Gasteiger partial charge in [-0.25, -0.2) is 0 Å². The molecule has 1 heterocycles. The first kappa shape index (κ1) is 20.0. The van der Waals surface area contributed by atoms with E-state index in [1.54, 1.807) is 11.1 Å². The van der Waals surface area contributed by atoms with Crippen LogP contribution >= 0.6 is 0 Å². The van der Waals surface area contributed by atoms with Gasteiger partial charge in [-0.2, -0.15) is 0 Å². The lowest BCUT2D eigenvalue weighted by Crippen LogP contribution is -2.51. The molecule has 3 nitrogen and oxygen atoms in total. The van der Waals surface area contributed by atoms with Crippen LogP contribution in [-0.2, 0) is 9.47 Å². The van der Waals surface area contributed by atoms with Gasteiger partial charge in [0.2, 0.25) is 0 Å². The van der Waals surface area contributed by atoms with Crippen LogP contribution in [0.2, 0.25) is 0 Å². The molecule has 164 valence electrons. The quantitative estimate of drug-likeness (QED) is 0.463. The monoisotopic (exact) mass is 418 g/mol. The maximum absolute atomic E-state index is 11.8. The van der Waals surface area contributed by atoms with Gasteiger partial charge in [-0.15, -0.1) is 0 Å². The standard InChI is InChI=1S/C28H34O3/c1-26-13-10-23-22-11-16-28(30-17-18-31-28)19-21(22)7-8-24(23)25(26)12-15-27(26,29)14-9-20-5-3-2-4-6-20/h2-6,23-25,29H,7-8,10-13,15-19H2,1H3/t23?,24-,25+,26+,27+/m1/s1. The fourth-order valence-corrected chi connectivity index (χ4v) is 7.85. The molecule has 0 amide bonds. The first-order valence-electron chi connectivity index (χ1n) is 12.3. The molecule has 3 fully saturated rings. The Hall–Kier alpha value is -1.60. The van der Waals surface area contributed by atoms with Crippen molar-refractivity contribution in [1.29, 1.82) is 0 Å². The summed E-state index contributed by atoms with van der Waals surface area (Å²) < 4.78 is 12.1. The molecule has 1 aromatic rings. The Morgan fingerprint density at radius 2 is 1.77 bits per heavy atom. The van der Waals surface area contributed by atoms with Crippen molar-refractivity contribution in [3.63, 3.8) is 0 Å². The van der Waals surface area contributed by atoms with E-state index in [1.165, 1.54) is 19.3 Å². The van der Waals surface area contributed by atoms with Crippen molar-refractivity contribution in [2.75, 3.05) is 13.2 Å². The van der Waals surface area contributed by atoms with Gasteiger partial charge in [0.1, 0.15) is 5.60 Å². The molecule has 1 spiro atoms. The van der Waals surface area contributed by atoms with Crippen LogP contribution in [0.5, 0.6) is 0 Å². The Bertz CT molecular complexity index is 947. The fraction of sp³-hybridized carbons (Fsp3) is 0.643. The summed E-state index contributed by atoms with van der Waals surface area (Å²) in [5.41, 5.74) is 3.40. The number of ether oxygens (including phenoxy) is 2. The van der Waals surface area contributed by atoms with E-state index in [2.05, 4.69) is 18.8 Å². The number of rotatable bonds is 0. The smallest absolute Gasteiger partial charge is 0.172 e. The average Bonchev–Trinajstić information content (AvgIpc) is 3.35. The molecule has 0 radical (unpaired) electrons. The molecule has 5 atom stereocenters. The Kier molecular flexibility index (Phi) is 4.66. The minimum Gasteiger partial charge on any atom is -0.377 e. The molecule has 1 N–H and O–H groups in total. The Labute approximate surface area is 186 Å². The molecule has 1 aliphatic heterocycles. The van der Waals surface area contributed by atoms with Crippen molar-refractivity contribution in [2.45, 2.75) is 76.1 Å². The summed E-state index contributed by atoms with van der Waals surface area (Å²) in [4.78, 5) is 0. The zero-order valence-electron chi connectivity index (χ0n) is 18.7. The average molecular weight is 419 g/mol. The largest absolute Gasteiger partial charge is 0.377 e. The van der Waals surface area contributed by atoms with Crippen molar-refractivity contribution >= 4 is 0 Å². The van der Waals surface area contributed by atoms with Gasteiger partial charge >= 0.3 is 0 Å². The molecule has 1 aromatic carbocycles. The normalized spacial score (nSPS) is 40.6. The number of hydrogen-bond donors (Lipinski definition) is 1. The summed E-state index contributed by atoms with van der Waals surface area (Å²) in [6.45, 7) is 3.83. The zero-order chi connectivity index (χ0) is 21.1. The van der Waals surface area contributed by atoms with Crippen LogP contribution in [0.3, 0.4) is 0 Å². The second-order valence-electron chi connectivity index (χ2n) is 10.8. The van der Waals surface area contributed by atoms with Gasteiger partial charge in [-0.1, -0.05) is 48.1 Å². The maximum atomic E-state index is 11.8. The van der Waals surface area contributed by atoms with Crippen molar-refractivity contribution in [2.24, 2.45) is 23.2 Å². The van der Waals surface area contributed by atoms with Crippen LogP contribution in [-0.4, -0.2) is 29.7 Å². The zero-order valence-corrected chi connectivity index (χ0v) is 18.7. The van der Waals surface area contributed by atoms with E-state index in [-0.39, 0.29) is 11.2 Å². The Morgan fingerprint density at radius 1 is 0.968 bits per heavy atom. The third kappa shape index (κ3) is 3.06. The van der Waals surface area contributed by atoms with Crippen LogP contribution < -0.4 is 0 Å². The minimum atomic E-state index is -0.866. The molecule has 6 rings (SSSR count). The van der Waals surface area contributed by atoms with Gasteiger partial charge in [0.05, 0.1) is 13.2 Å². The van der Waals surface area contributed by atoms with E-state index >= 15 is 0 Å².